The molecule has 0 aromatic heterocycles. The van der Waals surface area contributed by atoms with Gasteiger partial charge in [-0.2, -0.15) is 0 Å². The number of aliphatic imine (C=N–C) groups is 1. The van der Waals surface area contributed by atoms with Gasteiger partial charge in [-0.25, -0.2) is 4.39 Å². The Morgan fingerprint density at radius 1 is 1.07 bits per heavy atom. The molecule has 1 fully saturated rings. The number of guanidine groups is 1. The lowest BCUT2D eigenvalue weighted by molar-refractivity contribution is 0.371. The number of rotatable bonds is 5. The Bertz CT molecular complexity index is 779. The third-order valence-electron chi connectivity index (χ3n) is 4.85. The first-order chi connectivity index (χ1) is 13.2. The third-order valence-corrected chi connectivity index (χ3v) is 4.85. The molecule has 1 aliphatic heterocycles. The van der Waals surface area contributed by atoms with Crippen LogP contribution in [0.2, 0.25) is 0 Å². The molecule has 2 aromatic carbocycles. The van der Waals surface area contributed by atoms with Crippen LogP contribution >= 0.6 is 24.0 Å². The number of anilines is 1. The molecule has 5 nitrogen and oxygen atoms in total. The van der Waals surface area contributed by atoms with Gasteiger partial charge < -0.3 is 19.9 Å². The van der Waals surface area contributed by atoms with E-state index in [-0.39, 0.29) is 29.8 Å². The van der Waals surface area contributed by atoms with Gasteiger partial charge in [0.2, 0.25) is 0 Å². The predicted molar refractivity (Wildman–Crippen MR) is 124 cm³/mol. The highest BCUT2D eigenvalue weighted by molar-refractivity contribution is 14.0. The second-order valence-corrected chi connectivity index (χ2v) is 6.46. The first-order valence-corrected chi connectivity index (χ1v) is 9.30. The third kappa shape index (κ3) is 5.50. The summed E-state index contributed by atoms with van der Waals surface area (Å²) in [5, 5.41) is 3.43. The summed E-state index contributed by atoms with van der Waals surface area (Å²) in [7, 11) is 3.49. The highest BCUT2D eigenvalue weighted by atomic mass is 127. The minimum Gasteiger partial charge on any atom is -0.496 e. The van der Waals surface area contributed by atoms with Crippen molar-refractivity contribution in [2.75, 3.05) is 51.8 Å². The van der Waals surface area contributed by atoms with Gasteiger partial charge in [0.1, 0.15) is 11.6 Å². The van der Waals surface area contributed by atoms with E-state index in [2.05, 4.69) is 26.2 Å². The monoisotopic (exact) mass is 498 g/mol. The van der Waals surface area contributed by atoms with Crippen LogP contribution in [0.25, 0.3) is 0 Å². The molecule has 7 heteroatoms. The van der Waals surface area contributed by atoms with Crippen LogP contribution in [0.3, 0.4) is 0 Å². The first kappa shape index (κ1) is 22.3. The Balaban J connectivity index is 0.00000280. The van der Waals surface area contributed by atoms with Gasteiger partial charge in [0.25, 0.3) is 0 Å². The molecule has 0 saturated carbocycles. The zero-order valence-corrected chi connectivity index (χ0v) is 18.7. The van der Waals surface area contributed by atoms with Gasteiger partial charge >= 0.3 is 0 Å². The summed E-state index contributed by atoms with van der Waals surface area (Å²) in [4.78, 5) is 8.72. The molecule has 0 spiro atoms. The molecule has 152 valence electrons. The van der Waals surface area contributed by atoms with Crippen LogP contribution in [0.15, 0.2) is 53.5 Å². The van der Waals surface area contributed by atoms with Gasteiger partial charge in [0.15, 0.2) is 5.96 Å². The molecule has 1 saturated heterocycles. The van der Waals surface area contributed by atoms with Crippen molar-refractivity contribution in [3.05, 3.63) is 59.9 Å². The number of ether oxygens (including phenoxy) is 1. The number of benzene rings is 2. The number of nitrogens with one attached hydrogen (secondary N) is 1. The molecule has 0 bridgehead atoms. The molecule has 1 heterocycles. The highest BCUT2D eigenvalue weighted by Gasteiger charge is 2.21. The van der Waals surface area contributed by atoms with E-state index in [1.807, 2.05) is 30.3 Å². The van der Waals surface area contributed by atoms with Crippen LogP contribution in [-0.4, -0.2) is 57.7 Å². The van der Waals surface area contributed by atoms with E-state index in [9.17, 15) is 4.39 Å². The molecule has 0 radical (unpaired) electrons. The number of nitrogens with zero attached hydrogens (tertiary/aromatic N) is 3. The Hall–Kier alpha value is -2.03. The van der Waals surface area contributed by atoms with E-state index in [4.69, 9.17) is 4.74 Å². The number of hydrogen-bond acceptors (Lipinski definition) is 3. The smallest absolute Gasteiger partial charge is 0.193 e. The van der Waals surface area contributed by atoms with Crippen molar-refractivity contribution in [1.82, 2.24) is 10.2 Å². The van der Waals surface area contributed by atoms with Crippen LogP contribution < -0.4 is 15.0 Å². The second kappa shape index (κ2) is 11.1. The Morgan fingerprint density at radius 2 is 1.75 bits per heavy atom. The molecule has 0 unspecified atom stereocenters. The molecular formula is C21H28FIN4O. The number of para-hydroxylation sites is 2. The average molecular weight is 498 g/mol. The van der Waals surface area contributed by atoms with E-state index in [0.29, 0.717) is 5.69 Å². The summed E-state index contributed by atoms with van der Waals surface area (Å²) in [5.74, 6) is 1.64. The quantitative estimate of drug-likeness (QED) is 0.390. The Morgan fingerprint density at radius 3 is 2.43 bits per heavy atom. The molecule has 0 aliphatic carbocycles. The van der Waals surface area contributed by atoms with Crippen molar-refractivity contribution in [3.63, 3.8) is 0 Å². The maximum atomic E-state index is 14.0. The van der Waals surface area contributed by atoms with E-state index < -0.39 is 0 Å². The maximum Gasteiger partial charge on any atom is 0.193 e. The molecular weight excluding hydrogens is 470 g/mol. The van der Waals surface area contributed by atoms with E-state index in [1.54, 1.807) is 20.2 Å². The van der Waals surface area contributed by atoms with Crippen molar-refractivity contribution in [2.45, 2.75) is 6.42 Å². The molecule has 28 heavy (non-hydrogen) atoms. The van der Waals surface area contributed by atoms with Crippen molar-refractivity contribution < 1.29 is 9.13 Å². The van der Waals surface area contributed by atoms with E-state index in [1.165, 1.54) is 11.6 Å². The van der Waals surface area contributed by atoms with Gasteiger partial charge in [0.05, 0.1) is 12.8 Å². The zero-order valence-electron chi connectivity index (χ0n) is 16.4. The number of piperazine rings is 1. The Kier molecular flexibility index (Phi) is 8.82. The fourth-order valence-corrected chi connectivity index (χ4v) is 3.42. The molecule has 3 rings (SSSR count). The summed E-state index contributed by atoms with van der Waals surface area (Å²) in [6.07, 6.45) is 0.859. The molecule has 1 N–H and O–H groups in total. The van der Waals surface area contributed by atoms with Crippen LogP contribution in [0.1, 0.15) is 5.56 Å². The summed E-state index contributed by atoms with van der Waals surface area (Å²) in [6.45, 7) is 3.94. The summed E-state index contributed by atoms with van der Waals surface area (Å²) < 4.78 is 19.4. The largest absolute Gasteiger partial charge is 0.496 e. The van der Waals surface area contributed by atoms with Crippen molar-refractivity contribution in [1.29, 1.82) is 0 Å². The lowest BCUT2D eigenvalue weighted by atomic mass is 10.1. The van der Waals surface area contributed by atoms with Gasteiger partial charge in [-0.1, -0.05) is 30.3 Å². The van der Waals surface area contributed by atoms with Crippen molar-refractivity contribution in [3.8, 4) is 5.75 Å². The number of hydrogen-bond donors (Lipinski definition) is 1. The van der Waals surface area contributed by atoms with Gasteiger partial charge in [-0.05, 0) is 30.2 Å². The minimum atomic E-state index is -0.162. The zero-order chi connectivity index (χ0) is 19.1. The molecule has 1 aliphatic rings. The average Bonchev–Trinajstić information content (AvgIpc) is 2.72. The standard InChI is InChI=1S/C21H27FN4O.HI/c1-23-21(24-12-11-17-7-3-6-10-20(17)27-2)26-15-13-25(14-16-26)19-9-5-4-8-18(19)22;/h3-10H,11-16H2,1-2H3,(H,23,24);1H. The minimum absolute atomic E-state index is 0. The van der Waals surface area contributed by atoms with Crippen LogP contribution in [-0.2, 0) is 6.42 Å². The van der Waals surface area contributed by atoms with Crippen LogP contribution in [0.4, 0.5) is 10.1 Å². The van der Waals surface area contributed by atoms with Crippen molar-refractivity contribution >= 4 is 35.6 Å². The normalized spacial score (nSPS) is 14.5. The predicted octanol–water partition coefficient (Wildman–Crippen LogP) is 3.39. The molecule has 0 amide bonds. The van der Waals surface area contributed by atoms with Crippen molar-refractivity contribution in [2.24, 2.45) is 4.99 Å². The topological polar surface area (TPSA) is 40.1 Å². The fourth-order valence-electron chi connectivity index (χ4n) is 3.42. The number of methoxy groups -OCH3 is 1. The first-order valence-electron chi connectivity index (χ1n) is 9.30. The summed E-state index contributed by atoms with van der Waals surface area (Å²) in [6, 6.07) is 15.0. The summed E-state index contributed by atoms with van der Waals surface area (Å²) in [5.41, 5.74) is 1.85. The van der Waals surface area contributed by atoms with E-state index >= 15 is 0 Å². The molecule has 0 atom stereocenters. The molecule has 2 aromatic rings. The van der Waals surface area contributed by atoms with Gasteiger partial charge in [-0.3, -0.25) is 4.99 Å². The van der Waals surface area contributed by atoms with E-state index in [0.717, 1.165) is 50.9 Å². The van der Waals surface area contributed by atoms with Crippen LogP contribution in [0, 0.1) is 5.82 Å². The van der Waals surface area contributed by atoms with Gasteiger partial charge in [0, 0.05) is 39.8 Å². The van der Waals surface area contributed by atoms with Gasteiger partial charge in [-0.15, -0.1) is 24.0 Å². The van der Waals surface area contributed by atoms with Crippen LogP contribution in [0.5, 0.6) is 5.75 Å². The lowest BCUT2D eigenvalue weighted by Crippen LogP contribution is -2.53. The highest BCUT2D eigenvalue weighted by Crippen LogP contribution is 2.20. The maximum absolute atomic E-state index is 14.0. The fraction of sp³-hybridized carbons (Fsp3) is 0.381. The second-order valence-electron chi connectivity index (χ2n) is 6.46. The SMILES string of the molecule is CN=C(NCCc1ccccc1OC)N1CCN(c2ccccc2F)CC1.I. The number of halogens is 2. The lowest BCUT2D eigenvalue weighted by Gasteiger charge is -2.37. The summed E-state index contributed by atoms with van der Waals surface area (Å²) >= 11 is 0. The Labute approximate surface area is 183 Å².